The molecule has 2 amide bonds. The van der Waals surface area contributed by atoms with E-state index in [9.17, 15) is 9.59 Å². The van der Waals surface area contributed by atoms with Crippen molar-refractivity contribution in [3.8, 4) is 11.3 Å². The molecule has 0 radical (unpaired) electrons. The van der Waals surface area contributed by atoms with Crippen molar-refractivity contribution in [1.82, 2.24) is 25.1 Å². The van der Waals surface area contributed by atoms with Crippen molar-refractivity contribution in [2.75, 3.05) is 11.1 Å². The Morgan fingerprint density at radius 2 is 1.76 bits per heavy atom. The van der Waals surface area contributed by atoms with Crippen LogP contribution in [0, 0.1) is 12.8 Å². The Balaban J connectivity index is 1.45. The summed E-state index contributed by atoms with van der Waals surface area (Å²) < 4.78 is 1.89. The number of anilines is 1. The zero-order valence-electron chi connectivity index (χ0n) is 21.5. The fourth-order valence-corrected chi connectivity index (χ4v) is 5.49. The molecule has 2 aromatic heterocycles. The number of thiazole rings is 1. The summed E-state index contributed by atoms with van der Waals surface area (Å²) >= 11 is 2.73. The number of carbonyl (C=O) groups is 2. The van der Waals surface area contributed by atoms with Crippen molar-refractivity contribution in [3.63, 3.8) is 0 Å². The Morgan fingerprint density at radius 3 is 2.42 bits per heavy atom. The topological polar surface area (TPSA) is 102 Å². The lowest BCUT2D eigenvalue weighted by molar-refractivity contribution is -0.113. The standard InChI is InChI=1S/C28H30N6O2S2/c1-5-16-34-25(23(18(2)3)30-26(36)21-14-10-7-11-15-21)32-33-28(34)37-17-22(35)29-27-31-24(19(4)38-27)20-12-8-6-9-13-20/h5-15,18,23H,1,16-17H2,2-4H3,(H,30,36)(H,29,31,35). The minimum atomic E-state index is -0.368. The van der Waals surface area contributed by atoms with Crippen molar-refractivity contribution >= 4 is 40.0 Å². The van der Waals surface area contributed by atoms with Crippen LogP contribution in [0.1, 0.15) is 40.9 Å². The SMILES string of the molecule is C=CCn1c(SCC(=O)Nc2nc(-c3ccccc3)c(C)s2)nnc1C(NC(=O)c1ccccc1)C(C)C. The zero-order valence-corrected chi connectivity index (χ0v) is 23.2. The molecule has 4 aromatic rings. The molecule has 0 saturated heterocycles. The van der Waals surface area contributed by atoms with Crippen LogP contribution in [-0.4, -0.2) is 37.3 Å². The summed E-state index contributed by atoms with van der Waals surface area (Å²) in [5.74, 6) is 0.450. The fraction of sp³-hybridized carbons (Fsp3) is 0.250. The van der Waals surface area contributed by atoms with Crippen molar-refractivity contribution in [1.29, 1.82) is 0 Å². The number of rotatable bonds is 11. The average Bonchev–Trinajstić information content (AvgIpc) is 3.49. The van der Waals surface area contributed by atoms with E-state index in [0.29, 0.717) is 28.2 Å². The average molecular weight is 547 g/mol. The maximum absolute atomic E-state index is 12.9. The first kappa shape index (κ1) is 27.3. The molecule has 2 aromatic carbocycles. The van der Waals surface area contributed by atoms with Crippen LogP contribution in [0.4, 0.5) is 5.13 Å². The monoisotopic (exact) mass is 546 g/mol. The van der Waals surface area contributed by atoms with E-state index in [1.807, 2.05) is 73.9 Å². The lowest BCUT2D eigenvalue weighted by Crippen LogP contribution is -2.33. The zero-order chi connectivity index (χ0) is 27.1. The number of hydrogen-bond donors (Lipinski definition) is 2. The van der Waals surface area contributed by atoms with Crippen LogP contribution in [0.3, 0.4) is 0 Å². The molecule has 2 heterocycles. The van der Waals surface area contributed by atoms with E-state index in [1.54, 1.807) is 18.2 Å². The van der Waals surface area contributed by atoms with Crippen molar-refractivity contribution < 1.29 is 9.59 Å². The van der Waals surface area contributed by atoms with Crippen LogP contribution in [0.25, 0.3) is 11.3 Å². The molecule has 0 aliphatic carbocycles. The van der Waals surface area contributed by atoms with Gasteiger partial charge in [-0.1, -0.05) is 80.2 Å². The summed E-state index contributed by atoms with van der Waals surface area (Å²) in [5, 5.41) is 15.9. The van der Waals surface area contributed by atoms with E-state index in [4.69, 9.17) is 0 Å². The third kappa shape index (κ3) is 6.56. The number of benzene rings is 2. The Kier molecular flexibility index (Phi) is 9.09. The van der Waals surface area contributed by atoms with E-state index in [0.717, 1.165) is 16.1 Å². The molecule has 1 atom stereocenters. The summed E-state index contributed by atoms with van der Waals surface area (Å²) in [6.07, 6.45) is 1.75. The van der Waals surface area contributed by atoms with Crippen molar-refractivity contribution in [2.45, 2.75) is 38.5 Å². The van der Waals surface area contributed by atoms with E-state index in [2.05, 4.69) is 32.4 Å². The highest BCUT2D eigenvalue weighted by Crippen LogP contribution is 2.31. The van der Waals surface area contributed by atoms with Gasteiger partial charge in [-0.2, -0.15) is 0 Å². The van der Waals surface area contributed by atoms with E-state index < -0.39 is 0 Å². The summed E-state index contributed by atoms with van der Waals surface area (Å²) in [6, 6.07) is 18.6. The number of thioether (sulfide) groups is 1. The van der Waals surface area contributed by atoms with Gasteiger partial charge in [-0.05, 0) is 25.0 Å². The molecule has 8 nitrogen and oxygen atoms in total. The number of nitrogens with zero attached hydrogens (tertiary/aromatic N) is 4. The van der Waals surface area contributed by atoms with Crippen LogP contribution in [0.2, 0.25) is 0 Å². The molecule has 0 spiro atoms. The highest BCUT2D eigenvalue weighted by Gasteiger charge is 2.26. The third-order valence-electron chi connectivity index (χ3n) is 5.75. The smallest absolute Gasteiger partial charge is 0.251 e. The summed E-state index contributed by atoms with van der Waals surface area (Å²) in [7, 11) is 0. The summed E-state index contributed by atoms with van der Waals surface area (Å²) in [6.45, 7) is 10.3. The van der Waals surface area contributed by atoms with Gasteiger partial charge in [-0.15, -0.1) is 28.1 Å². The number of carbonyl (C=O) groups excluding carboxylic acids is 2. The van der Waals surface area contributed by atoms with Crippen LogP contribution < -0.4 is 10.6 Å². The number of aromatic nitrogens is 4. The Morgan fingerprint density at radius 1 is 1.08 bits per heavy atom. The van der Waals surface area contributed by atoms with Gasteiger partial charge >= 0.3 is 0 Å². The van der Waals surface area contributed by atoms with Crippen LogP contribution in [0.15, 0.2) is 78.5 Å². The molecule has 1 unspecified atom stereocenters. The molecule has 0 aliphatic heterocycles. The van der Waals surface area contributed by atoms with E-state index in [1.165, 1.54) is 23.1 Å². The molecular formula is C28H30N6O2S2. The number of amides is 2. The Hall–Kier alpha value is -3.76. The molecule has 2 N–H and O–H groups in total. The number of nitrogens with one attached hydrogen (secondary N) is 2. The predicted molar refractivity (Wildman–Crippen MR) is 153 cm³/mol. The maximum Gasteiger partial charge on any atom is 0.251 e. The molecule has 0 bridgehead atoms. The first-order valence-electron chi connectivity index (χ1n) is 12.2. The van der Waals surface area contributed by atoms with Gasteiger partial charge in [0.05, 0.1) is 17.5 Å². The van der Waals surface area contributed by atoms with Crippen LogP contribution in [0.5, 0.6) is 0 Å². The van der Waals surface area contributed by atoms with Gasteiger partial charge in [0, 0.05) is 22.5 Å². The van der Waals surface area contributed by atoms with Gasteiger partial charge in [0.15, 0.2) is 16.1 Å². The second-order valence-corrected chi connectivity index (χ2v) is 11.1. The first-order chi connectivity index (χ1) is 18.4. The second-order valence-electron chi connectivity index (χ2n) is 8.93. The molecule has 10 heteroatoms. The first-order valence-corrected chi connectivity index (χ1v) is 14.0. The minimum absolute atomic E-state index is 0.0588. The minimum Gasteiger partial charge on any atom is -0.342 e. The molecular weight excluding hydrogens is 516 g/mol. The van der Waals surface area contributed by atoms with Crippen LogP contribution in [-0.2, 0) is 11.3 Å². The maximum atomic E-state index is 12.9. The summed E-state index contributed by atoms with van der Waals surface area (Å²) in [4.78, 5) is 31.3. The predicted octanol–water partition coefficient (Wildman–Crippen LogP) is 5.75. The van der Waals surface area contributed by atoms with Gasteiger partial charge in [0.25, 0.3) is 5.91 Å². The number of allylic oxidation sites excluding steroid dienone is 1. The normalized spacial score (nSPS) is 11.8. The quantitative estimate of drug-likeness (QED) is 0.183. The fourth-order valence-electron chi connectivity index (χ4n) is 3.88. The van der Waals surface area contributed by atoms with E-state index in [-0.39, 0.29) is 29.5 Å². The van der Waals surface area contributed by atoms with Crippen molar-refractivity contribution in [2.24, 2.45) is 5.92 Å². The highest BCUT2D eigenvalue weighted by atomic mass is 32.2. The molecule has 0 saturated carbocycles. The molecule has 38 heavy (non-hydrogen) atoms. The Labute approximate surface area is 230 Å². The van der Waals surface area contributed by atoms with Crippen molar-refractivity contribution in [3.05, 3.63) is 89.6 Å². The van der Waals surface area contributed by atoms with Gasteiger partial charge in [-0.25, -0.2) is 4.98 Å². The Bertz CT molecular complexity index is 1400. The molecule has 196 valence electrons. The van der Waals surface area contributed by atoms with E-state index >= 15 is 0 Å². The lowest BCUT2D eigenvalue weighted by atomic mass is 10.0. The molecule has 4 rings (SSSR count). The summed E-state index contributed by atoms with van der Waals surface area (Å²) in [5.41, 5.74) is 2.46. The van der Waals surface area contributed by atoms with Crippen LogP contribution >= 0.6 is 23.1 Å². The third-order valence-corrected chi connectivity index (χ3v) is 7.60. The molecule has 0 aliphatic rings. The highest BCUT2D eigenvalue weighted by molar-refractivity contribution is 7.99. The number of aryl methyl sites for hydroxylation is 1. The van der Waals surface area contributed by atoms with Gasteiger partial charge in [0.2, 0.25) is 5.91 Å². The van der Waals surface area contributed by atoms with Gasteiger partial charge in [-0.3, -0.25) is 9.59 Å². The van der Waals surface area contributed by atoms with Gasteiger partial charge < -0.3 is 15.2 Å². The second kappa shape index (κ2) is 12.7. The van der Waals surface area contributed by atoms with Gasteiger partial charge in [0.1, 0.15) is 0 Å². The lowest BCUT2D eigenvalue weighted by Gasteiger charge is -2.22. The molecule has 0 fully saturated rings. The number of hydrogen-bond acceptors (Lipinski definition) is 7. The largest absolute Gasteiger partial charge is 0.342 e.